The molecule has 1 aromatic rings. The highest BCUT2D eigenvalue weighted by atomic mass is 32.2. The van der Waals surface area contributed by atoms with E-state index >= 15 is 0 Å². The molecule has 2 N–H and O–H groups in total. The molecular formula is C10H11FO5S. The second-order valence-corrected chi connectivity index (χ2v) is 5.42. The summed E-state index contributed by atoms with van der Waals surface area (Å²) in [5, 5.41) is 17.2. The van der Waals surface area contributed by atoms with Crippen LogP contribution < -0.4 is 0 Å². The van der Waals surface area contributed by atoms with Crippen molar-refractivity contribution in [3.05, 3.63) is 29.6 Å². The maximum Gasteiger partial charge on any atom is 0.335 e. The van der Waals surface area contributed by atoms with Crippen molar-refractivity contribution >= 4 is 15.8 Å². The number of hydrogen-bond donors (Lipinski definition) is 2. The average Bonchev–Trinajstić information content (AvgIpc) is 2.26. The van der Waals surface area contributed by atoms with Gasteiger partial charge in [-0.05, 0) is 24.6 Å². The van der Waals surface area contributed by atoms with Gasteiger partial charge in [0.1, 0.15) is 10.7 Å². The Bertz CT molecular complexity index is 523. The molecule has 17 heavy (non-hydrogen) atoms. The number of aliphatic hydroxyl groups excluding tert-OH is 1. The van der Waals surface area contributed by atoms with E-state index in [0.29, 0.717) is 0 Å². The zero-order valence-corrected chi connectivity index (χ0v) is 9.58. The van der Waals surface area contributed by atoms with Gasteiger partial charge in [0.05, 0.1) is 11.3 Å². The third kappa shape index (κ3) is 3.24. The van der Waals surface area contributed by atoms with Gasteiger partial charge in [0.25, 0.3) is 0 Å². The van der Waals surface area contributed by atoms with Crippen LogP contribution in [0.1, 0.15) is 16.8 Å². The molecular weight excluding hydrogens is 251 g/mol. The van der Waals surface area contributed by atoms with Crippen LogP contribution in [0.25, 0.3) is 0 Å². The van der Waals surface area contributed by atoms with Crippen LogP contribution in [0.4, 0.5) is 4.39 Å². The van der Waals surface area contributed by atoms with Gasteiger partial charge in [-0.2, -0.15) is 0 Å². The highest BCUT2D eigenvalue weighted by molar-refractivity contribution is 7.91. The van der Waals surface area contributed by atoms with E-state index in [0.717, 1.165) is 18.2 Å². The van der Waals surface area contributed by atoms with E-state index in [1.165, 1.54) is 0 Å². The van der Waals surface area contributed by atoms with Crippen LogP contribution in [0, 0.1) is 5.82 Å². The minimum absolute atomic E-state index is 0.0287. The zero-order chi connectivity index (χ0) is 13.1. The third-order valence-electron chi connectivity index (χ3n) is 2.08. The minimum Gasteiger partial charge on any atom is -0.478 e. The summed E-state index contributed by atoms with van der Waals surface area (Å²) >= 11 is 0. The van der Waals surface area contributed by atoms with E-state index in [2.05, 4.69) is 0 Å². The SMILES string of the molecule is O=C(O)c1ccc(F)c(S(=O)(=O)CCCO)c1. The standard InChI is InChI=1S/C10H11FO5S/c11-8-3-2-7(10(13)14)6-9(8)17(15,16)5-1-4-12/h2-3,6,12H,1,4-5H2,(H,13,14). The van der Waals surface area contributed by atoms with Crippen LogP contribution in [-0.4, -0.2) is 37.0 Å². The van der Waals surface area contributed by atoms with Gasteiger partial charge in [-0.1, -0.05) is 0 Å². The molecule has 0 aliphatic heterocycles. The van der Waals surface area contributed by atoms with Crippen LogP contribution in [0.3, 0.4) is 0 Å². The fraction of sp³-hybridized carbons (Fsp3) is 0.300. The van der Waals surface area contributed by atoms with Gasteiger partial charge in [-0.15, -0.1) is 0 Å². The summed E-state index contributed by atoms with van der Waals surface area (Å²) in [5.41, 5.74) is -0.297. The van der Waals surface area contributed by atoms with E-state index in [1.54, 1.807) is 0 Å². The summed E-state index contributed by atoms with van der Waals surface area (Å²) in [5.74, 6) is -2.75. The average molecular weight is 262 g/mol. The lowest BCUT2D eigenvalue weighted by Gasteiger charge is -2.05. The number of sulfone groups is 1. The highest BCUT2D eigenvalue weighted by Crippen LogP contribution is 2.18. The Kier molecular flexibility index (Phi) is 4.19. The lowest BCUT2D eigenvalue weighted by atomic mass is 10.2. The van der Waals surface area contributed by atoms with E-state index in [-0.39, 0.29) is 18.6 Å². The van der Waals surface area contributed by atoms with Gasteiger partial charge < -0.3 is 10.2 Å². The fourth-order valence-corrected chi connectivity index (χ4v) is 2.64. The monoisotopic (exact) mass is 262 g/mol. The summed E-state index contributed by atoms with van der Waals surface area (Å²) in [4.78, 5) is 10.0. The molecule has 1 aromatic carbocycles. The van der Waals surface area contributed by atoms with Crippen LogP contribution >= 0.6 is 0 Å². The van der Waals surface area contributed by atoms with E-state index < -0.39 is 32.3 Å². The molecule has 7 heteroatoms. The molecule has 5 nitrogen and oxygen atoms in total. The molecule has 0 bridgehead atoms. The first-order chi connectivity index (χ1) is 7.88. The van der Waals surface area contributed by atoms with E-state index in [1.807, 2.05) is 0 Å². The zero-order valence-electron chi connectivity index (χ0n) is 8.76. The van der Waals surface area contributed by atoms with E-state index in [4.69, 9.17) is 10.2 Å². The van der Waals surface area contributed by atoms with Crippen molar-refractivity contribution in [1.82, 2.24) is 0 Å². The van der Waals surface area contributed by atoms with E-state index in [9.17, 15) is 17.6 Å². The first-order valence-electron chi connectivity index (χ1n) is 4.75. The number of carbonyl (C=O) groups is 1. The number of halogens is 1. The van der Waals surface area contributed by atoms with Gasteiger partial charge in [-0.25, -0.2) is 17.6 Å². The Morgan fingerprint density at radius 2 is 2.00 bits per heavy atom. The number of aromatic carboxylic acids is 1. The molecule has 0 saturated carbocycles. The lowest BCUT2D eigenvalue weighted by molar-refractivity contribution is 0.0696. The predicted octanol–water partition coefficient (Wildman–Crippen LogP) is 0.680. The largest absolute Gasteiger partial charge is 0.478 e. The summed E-state index contributed by atoms with van der Waals surface area (Å²) in [7, 11) is -3.91. The van der Waals surface area contributed by atoms with Crippen LogP contribution in [0.15, 0.2) is 23.1 Å². The molecule has 0 spiro atoms. The number of rotatable bonds is 5. The number of carboxylic acid groups (broad SMARTS) is 1. The number of hydrogen-bond acceptors (Lipinski definition) is 4. The lowest BCUT2D eigenvalue weighted by Crippen LogP contribution is -2.11. The van der Waals surface area contributed by atoms with Crippen molar-refractivity contribution in [1.29, 1.82) is 0 Å². The molecule has 0 saturated heterocycles. The molecule has 0 radical (unpaired) electrons. The Labute approximate surface area is 97.4 Å². The number of benzene rings is 1. The molecule has 0 atom stereocenters. The number of aliphatic hydroxyl groups is 1. The van der Waals surface area contributed by atoms with Crippen molar-refractivity contribution in [2.45, 2.75) is 11.3 Å². The van der Waals surface area contributed by atoms with Crippen molar-refractivity contribution in [3.8, 4) is 0 Å². The minimum atomic E-state index is -3.91. The Balaban J connectivity index is 3.20. The molecule has 0 unspecified atom stereocenters. The van der Waals surface area contributed by atoms with Crippen LogP contribution in [-0.2, 0) is 9.84 Å². The smallest absolute Gasteiger partial charge is 0.335 e. The van der Waals surface area contributed by atoms with Gasteiger partial charge in [0.15, 0.2) is 9.84 Å². The Morgan fingerprint density at radius 1 is 1.35 bits per heavy atom. The molecule has 0 fully saturated rings. The Hall–Kier alpha value is -1.47. The topological polar surface area (TPSA) is 91.7 Å². The van der Waals surface area contributed by atoms with Gasteiger partial charge in [0, 0.05) is 6.61 Å². The van der Waals surface area contributed by atoms with Crippen molar-refractivity contribution in [3.63, 3.8) is 0 Å². The molecule has 0 aromatic heterocycles. The summed E-state index contributed by atoms with van der Waals surface area (Å²) < 4.78 is 36.6. The highest BCUT2D eigenvalue weighted by Gasteiger charge is 2.20. The maximum absolute atomic E-state index is 13.3. The Morgan fingerprint density at radius 3 is 2.53 bits per heavy atom. The van der Waals surface area contributed by atoms with Crippen LogP contribution in [0.5, 0.6) is 0 Å². The first-order valence-corrected chi connectivity index (χ1v) is 6.40. The van der Waals surface area contributed by atoms with Crippen LogP contribution in [0.2, 0.25) is 0 Å². The van der Waals surface area contributed by atoms with Gasteiger partial charge >= 0.3 is 5.97 Å². The van der Waals surface area contributed by atoms with Crippen molar-refractivity contribution in [2.24, 2.45) is 0 Å². The third-order valence-corrected chi connectivity index (χ3v) is 3.89. The first kappa shape index (κ1) is 13.6. The van der Waals surface area contributed by atoms with Gasteiger partial charge in [-0.3, -0.25) is 0 Å². The molecule has 0 amide bonds. The molecule has 0 aliphatic rings. The number of carboxylic acids is 1. The molecule has 1 rings (SSSR count). The molecule has 0 heterocycles. The quantitative estimate of drug-likeness (QED) is 0.814. The summed E-state index contributed by atoms with van der Waals surface area (Å²) in [6.07, 6.45) is -0.0287. The molecule has 0 aliphatic carbocycles. The summed E-state index contributed by atoms with van der Waals surface area (Å²) in [6.45, 7) is -0.334. The second-order valence-electron chi connectivity index (χ2n) is 3.35. The fourth-order valence-electron chi connectivity index (χ4n) is 1.24. The molecule has 94 valence electrons. The predicted molar refractivity (Wildman–Crippen MR) is 57.1 cm³/mol. The van der Waals surface area contributed by atoms with Gasteiger partial charge in [0.2, 0.25) is 0 Å². The normalized spacial score (nSPS) is 11.4. The van der Waals surface area contributed by atoms with Crippen molar-refractivity contribution in [2.75, 3.05) is 12.4 Å². The second kappa shape index (κ2) is 5.24. The summed E-state index contributed by atoms with van der Waals surface area (Å²) in [6, 6.07) is 2.57. The van der Waals surface area contributed by atoms with Crippen molar-refractivity contribution < 1.29 is 27.8 Å². The maximum atomic E-state index is 13.3.